The summed E-state index contributed by atoms with van der Waals surface area (Å²) in [5.74, 6) is -0.696. The lowest BCUT2D eigenvalue weighted by Gasteiger charge is -2.30. The lowest BCUT2D eigenvalue weighted by atomic mass is 9.93. The van der Waals surface area contributed by atoms with E-state index in [9.17, 15) is 35.5 Å². The zero-order valence-corrected chi connectivity index (χ0v) is 13.3. The molecule has 2 rings (SSSR count). The van der Waals surface area contributed by atoms with Crippen LogP contribution in [0.25, 0.3) is 0 Å². The van der Waals surface area contributed by atoms with Crippen LogP contribution in [-0.4, -0.2) is 23.2 Å². The van der Waals surface area contributed by atoms with Crippen molar-refractivity contribution >= 4 is 11.7 Å². The molecule has 0 spiro atoms. The number of halogens is 7. The number of carbonyl (C=O) groups excluding carboxylic acids is 1. The first-order valence-corrected chi connectivity index (χ1v) is 7.28. The Morgan fingerprint density at radius 3 is 2.00 bits per heavy atom. The van der Waals surface area contributed by atoms with Gasteiger partial charge in [0, 0.05) is 18.3 Å². The zero-order chi connectivity index (χ0) is 20.5. The van der Waals surface area contributed by atoms with Crippen LogP contribution in [0.15, 0.2) is 42.6 Å². The Morgan fingerprint density at radius 2 is 1.52 bits per heavy atom. The molecule has 0 saturated carbocycles. The van der Waals surface area contributed by atoms with Gasteiger partial charge in [0.25, 0.3) is 5.91 Å². The predicted molar refractivity (Wildman–Crippen MR) is 81.2 cm³/mol. The normalized spacial score (nSPS) is 12.7. The molecule has 1 amide bonds. The third kappa shape index (κ3) is 3.96. The van der Waals surface area contributed by atoms with Crippen LogP contribution in [0.3, 0.4) is 0 Å². The highest BCUT2D eigenvalue weighted by Gasteiger charge is 2.73. The van der Waals surface area contributed by atoms with Crippen LogP contribution in [0, 0.1) is 0 Å². The van der Waals surface area contributed by atoms with Crippen LogP contribution in [0.2, 0.25) is 0 Å². The fourth-order valence-corrected chi connectivity index (χ4v) is 2.23. The summed E-state index contributed by atoms with van der Waals surface area (Å²) < 4.78 is 90.1. The molecule has 0 fully saturated rings. The molecule has 27 heavy (non-hydrogen) atoms. The fourth-order valence-electron chi connectivity index (χ4n) is 2.23. The molecule has 146 valence electrons. The van der Waals surface area contributed by atoms with Crippen molar-refractivity contribution < 1.29 is 35.5 Å². The average Bonchev–Trinajstić information content (AvgIpc) is 2.58. The maximum absolute atomic E-state index is 13.9. The van der Waals surface area contributed by atoms with E-state index >= 15 is 0 Å². The molecule has 1 aromatic carbocycles. The second-order valence-corrected chi connectivity index (χ2v) is 5.47. The maximum Gasteiger partial charge on any atom is 0.435 e. The summed E-state index contributed by atoms with van der Waals surface area (Å²) in [6.07, 6.45) is -11.0. The number of amides is 1. The second kappa shape index (κ2) is 7.05. The van der Waals surface area contributed by atoms with Crippen LogP contribution < -0.4 is 11.1 Å². The number of hydrogen-bond acceptors (Lipinski definition) is 3. The monoisotopic (exact) mass is 395 g/mol. The van der Waals surface area contributed by atoms with Gasteiger partial charge in [-0.25, -0.2) is 9.37 Å². The summed E-state index contributed by atoms with van der Waals surface area (Å²) in [5, 5.41) is 2.38. The number of pyridine rings is 1. The fraction of sp³-hybridized carbons (Fsp3) is 0.250. The highest BCUT2D eigenvalue weighted by Crippen LogP contribution is 2.53. The van der Waals surface area contributed by atoms with Gasteiger partial charge < -0.3 is 11.1 Å². The summed E-state index contributed by atoms with van der Waals surface area (Å²) in [4.78, 5) is 15.6. The highest BCUT2D eigenvalue weighted by molar-refractivity contribution is 5.98. The average molecular weight is 395 g/mol. The number of nitrogens with one attached hydrogen (secondary N) is 1. The molecule has 1 heterocycles. The van der Waals surface area contributed by atoms with Crippen molar-refractivity contribution in [3.05, 3.63) is 59.3 Å². The van der Waals surface area contributed by atoms with Crippen molar-refractivity contribution in [1.29, 1.82) is 0 Å². The van der Waals surface area contributed by atoms with E-state index in [-0.39, 0.29) is 23.5 Å². The molecule has 4 nitrogen and oxygen atoms in total. The molecule has 0 atom stereocenters. The Labute approximate surface area is 148 Å². The largest absolute Gasteiger partial charge is 0.435 e. The molecule has 11 heteroatoms. The van der Waals surface area contributed by atoms with Gasteiger partial charge in [0.2, 0.25) is 0 Å². The Hall–Kier alpha value is -2.85. The van der Waals surface area contributed by atoms with Gasteiger partial charge in [-0.2, -0.15) is 26.3 Å². The van der Waals surface area contributed by atoms with E-state index in [0.29, 0.717) is 12.1 Å². The quantitative estimate of drug-likeness (QED) is 0.772. The number of rotatable bonds is 4. The van der Waals surface area contributed by atoms with Crippen LogP contribution >= 0.6 is 0 Å². The van der Waals surface area contributed by atoms with Gasteiger partial charge >= 0.3 is 18.0 Å². The number of alkyl halides is 7. The van der Waals surface area contributed by atoms with Gasteiger partial charge in [0.1, 0.15) is 5.82 Å². The molecule has 0 aliphatic rings. The van der Waals surface area contributed by atoms with E-state index in [1.807, 2.05) is 0 Å². The molecule has 0 radical (unpaired) electrons. The molecule has 0 bridgehead atoms. The molecule has 3 N–H and O–H groups in total. The standard InChI is InChI=1S/C16H12F7N3O/c17-14(15(18,19)20,16(21,22)23)10-5-3-9(4-6-10)8-26-13(27)11-2-1-7-25-12(11)24/h1-7H,8H2,(H2,24,25)(H,26,27). The van der Waals surface area contributed by atoms with Gasteiger partial charge in [-0.1, -0.05) is 24.3 Å². The lowest BCUT2D eigenvalue weighted by Crippen LogP contribution is -2.50. The SMILES string of the molecule is Nc1ncccc1C(=O)NCc1ccc(C(F)(C(F)(F)F)C(F)(F)F)cc1. The van der Waals surface area contributed by atoms with Crippen LogP contribution in [0.1, 0.15) is 21.5 Å². The Kier molecular flexibility index (Phi) is 5.34. The molecule has 0 aliphatic heterocycles. The van der Waals surface area contributed by atoms with Crippen LogP contribution in [0.5, 0.6) is 0 Å². The number of nitrogen functional groups attached to an aromatic ring is 1. The van der Waals surface area contributed by atoms with Crippen LogP contribution in [0.4, 0.5) is 36.6 Å². The van der Waals surface area contributed by atoms with E-state index < -0.39 is 29.5 Å². The topological polar surface area (TPSA) is 68.0 Å². The Bertz CT molecular complexity index is 802. The number of carbonyl (C=O) groups is 1. The van der Waals surface area contributed by atoms with E-state index in [1.54, 1.807) is 0 Å². The van der Waals surface area contributed by atoms with E-state index in [2.05, 4.69) is 10.3 Å². The van der Waals surface area contributed by atoms with Gasteiger partial charge in [0.05, 0.1) is 5.56 Å². The molecule has 0 saturated heterocycles. The van der Waals surface area contributed by atoms with Crippen molar-refractivity contribution in [2.24, 2.45) is 0 Å². The number of anilines is 1. The number of hydrogen-bond donors (Lipinski definition) is 2. The molecule has 2 aromatic rings. The van der Waals surface area contributed by atoms with Crippen molar-refractivity contribution in [1.82, 2.24) is 10.3 Å². The molecule has 0 unspecified atom stereocenters. The maximum atomic E-state index is 13.9. The summed E-state index contributed by atoms with van der Waals surface area (Å²) in [7, 11) is 0. The Morgan fingerprint density at radius 1 is 0.963 bits per heavy atom. The van der Waals surface area contributed by atoms with Gasteiger partial charge in [0.15, 0.2) is 0 Å². The highest BCUT2D eigenvalue weighted by atomic mass is 19.4. The van der Waals surface area contributed by atoms with Gasteiger partial charge in [-0.15, -0.1) is 0 Å². The van der Waals surface area contributed by atoms with E-state index in [4.69, 9.17) is 5.73 Å². The summed E-state index contributed by atoms with van der Waals surface area (Å²) >= 11 is 0. The molecular weight excluding hydrogens is 383 g/mol. The first-order chi connectivity index (χ1) is 12.4. The van der Waals surface area contributed by atoms with Crippen molar-refractivity contribution in [3.8, 4) is 0 Å². The van der Waals surface area contributed by atoms with Crippen molar-refractivity contribution in [2.75, 3.05) is 5.73 Å². The van der Waals surface area contributed by atoms with Crippen molar-refractivity contribution in [2.45, 2.75) is 24.6 Å². The lowest BCUT2D eigenvalue weighted by molar-refractivity contribution is -0.348. The summed E-state index contributed by atoms with van der Waals surface area (Å²) in [5.41, 5.74) is -1.38. The smallest absolute Gasteiger partial charge is 0.383 e. The molecular formula is C16H12F7N3O. The van der Waals surface area contributed by atoms with E-state index in [0.717, 1.165) is 12.1 Å². The predicted octanol–water partition coefficient (Wildman–Crippen LogP) is 3.88. The minimum absolute atomic E-state index is 0.0473. The first-order valence-electron chi connectivity index (χ1n) is 7.28. The second-order valence-electron chi connectivity index (χ2n) is 5.47. The molecule has 0 aliphatic carbocycles. The zero-order valence-electron chi connectivity index (χ0n) is 13.3. The summed E-state index contributed by atoms with van der Waals surface area (Å²) in [6.45, 7) is -0.231. The number of nitrogens with two attached hydrogens (primary N) is 1. The third-order valence-electron chi connectivity index (χ3n) is 3.67. The van der Waals surface area contributed by atoms with Gasteiger partial charge in [-0.3, -0.25) is 4.79 Å². The van der Waals surface area contributed by atoms with Gasteiger partial charge in [-0.05, 0) is 17.7 Å². The molecule has 1 aromatic heterocycles. The minimum atomic E-state index is -6.18. The number of aromatic nitrogens is 1. The minimum Gasteiger partial charge on any atom is -0.383 e. The Balaban J connectivity index is 2.18. The third-order valence-corrected chi connectivity index (χ3v) is 3.67. The van der Waals surface area contributed by atoms with E-state index in [1.165, 1.54) is 18.3 Å². The number of benzene rings is 1. The number of nitrogens with zero attached hydrogens (tertiary/aromatic N) is 1. The summed E-state index contributed by atoms with van der Waals surface area (Å²) in [6, 6.07) is 5.30. The first kappa shape index (κ1) is 20.5. The van der Waals surface area contributed by atoms with Crippen molar-refractivity contribution in [3.63, 3.8) is 0 Å². The van der Waals surface area contributed by atoms with Crippen LogP contribution in [-0.2, 0) is 12.2 Å².